The predicted octanol–water partition coefficient (Wildman–Crippen LogP) is 5.62. The fourth-order valence-corrected chi connectivity index (χ4v) is 5.79. The molecule has 1 aromatic heterocycles. The van der Waals surface area contributed by atoms with E-state index in [0.717, 1.165) is 12.8 Å². The number of rotatable bonds is 9. The van der Waals surface area contributed by atoms with Crippen molar-refractivity contribution in [3.8, 4) is 11.5 Å². The molecule has 1 N–H and O–H groups in total. The van der Waals surface area contributed by atoms with Gasteiger partial charge in [0.25, 0.3) is 0 Å². The number of fused-ring (bicyclic) bond motifs is 1. The standard InChI is InChI=1S/C24H27BrClFN4O4S/c1-14-11-31(36(3,32)33)12-15(14)5-4-8-35-21-10-19-16(9-20(21)34-2)24(29-13-28-19)30-18-7-6-17(25)22(26)23(18)27/h6-7,9-10,13-15H,4-5,8,11-12H2,1-3H3,(H,28,29,30)/t14-,15+/m1/s1. The largest absolute Gasteiger partial charge is 0.493 e. The van der Waals surface area contributed by atoms with Crippen LogP contribution in [0.3, 0.4) is 0 Å². The van der Waals surface area contributed by atoms with Crippen molar-refractivity contribution in [1.82, 2.24) is 14.3 Å². The summed E-state index contributed by atoms with van der Waals surface area (Å²) in [4.78, 5) is 8.59. The first-order valence-corrected chi connectivity index (χ1v) is 14.4. The minimum absolute atomic E-state index is 0.0253. The maximum absolute atomic E-state index is 14.6. The van der Waals surface area contributed by atoms with Crippen molar-refractivity contribution in [3.63, 3.8) is 0 Å². The Morgan fingerprint density at radius 1 is 1.25 bits per heavy atom. The molecule has 1 aliphatic heterocycles. The highest BCUT2D eigenvalue weighted by Crippen LogP contribution is 2.37. The van der Waals surface area contributed by atoms with Gasteiger partial charge in [-0.25, -0.2) is 27.1 Å². The lowest BCUT2D eigenvalue weighted by molar-refractivity contribution is 0.270. The lowest BCUT2D eigenvalue weighted by Crippen LogP contribution is -2.27. The smallest absolute Gasteiger partial charge is 0.211 e. The van der Waals surface area contributed by atoms with Crippen molar-refractivity contribution in [1.29, 1.82) is 0 Å². The average molecular weight is 602 g/mol. The molecule has 0 unspecified atom stereocenters. The zero-order chi connectivity index (χ0) is 26.0. The molecule has 36 heavy (non-hydrogen) atoms. The molecule has 0 spiro atoms. The van der Waals surface area contributed by atoms with Gasteiger partial charge in [-0.05, 0) is 58.8 Å². The van der Waals surface area contributed by atoms with Crippen LogP contribution in [0.1, 0.15) is 19.8 Å². The van der Waals surface area contributed by atoms with Crippen LogP contribution in [-0.4, -0.2) is 55.8 Å². The summed E-state index contributed by atoms with van der Waals surface area (Å²) in [5.74, 6) is 1.43. The van der Waals surface area contributed by atoms with E-state index in [-0.39, 0.29) is 10.7 Å². The molecule has 4 rings (SSSR count). The van der Waals surface area contributed by atoms with Crippen LogP contribution in [0, 0.1) is 17.7 Å². The van der Waals surface area contributed by atoms with Gasteiger partial charge in [0, 0.05) is 29.0 Å². The van der Waals surface area contributed by atoms with Gasteiger partial charge in [-0.15, -0.1) is 0 Å². The van der Waals surface area contributed by atoms with Crippen LogP contribution in [0.5, 0.6) is 11.5 Å². The van der Waals surface area contributed by atoms with Gasteiger partial charge in [-0.3, -0.25) is 0 Å². The summed E-state index contributed by atoms with van der Waals surface area (Å²) in [5, 5.41) is 3.58. The number of sulfonamides is 1. The van der Waals surface area contributed by atoms with Crippen LogP contribution in [0.2, 0.25) is 5.02 Å². The average Bonchev–Trinajstić information content (AvgIpc) is 3.22. The number of hydrogen-bond acceptors (Lipinski definition) is 7. The van der Waals surface area contributed by atoms with Gasteiger partial charge in [0.2, 0.25) is 10.0 Å². The highest BCUT2D eigenvalue weighted by Gasteiger charge is 2.33. The Bertz CT molecular complexity index is 1380. The van der Waals surface area contributed by atoms with E-state index in [2.05, 4.69) is 38.1 Å². The van der Waals surface area contributed by atoms with E-state index in [1.165, 1.54) is 12.6 Å². The second kappa shape index (κ2) is 11.0. The zero-order valence-electron chi connectivity index (χ0n) is 20.1. The maximum atomic E-state index is 14.6. The second-order valence-corrected chi connectivity index (χ2v) is 12.1. The van der Waals surface area contributed by atoms with Gasteiger partial charge in [0.05, 0.1) is 36.2 Å². The van der Waals surface area contributed by atoms with Crippen molar-refractivity contribution in [2.45, 2.75) is 19.8 Å². The Kier molecular flexibility index (Phi) is 8.23. The maximum Gasteiger partial charge on any atom is 0.211 e. The summed E-state index contributed by atoms with van der Waals surface area (Å²) in [5.41, 5.74) is 0.776. The molecule has 0 amide bonds. The van der Waals surface area contributed by atoms with Crippen molar-refractivity contribution in [3.05, 3.63) is 45.9 Å². The van der Waals surface area contributed by atoms with Crippen molar-refractivity contribution in [2.75, 3.05) is 38.4 Å². The van der Waals surface area contributed by atoms with Crippen molar-refractivity contribution < 1.29 is 22.3 Å². The number of methoxy groups -OCH3 is 1. The summed E-state index contributed by atoms with van der Waals surface area (Å²) >= 11 is 9.22. The van der Waals surface area contributed by atoms with E-state index in [0.29, 0.717) is 64.2 Å². The molecule has 2 heterocycles. The molecule has 1 fully saturated rings. The lowest BCUT2D eigenvalue weighted by atomic mass is 9.93. The summed E-state index contributed by atoms with van der Waals surface area (Å²) in [7, 11) is -1.62. The van der Waals surface area contributed by atoms with E-state index >= 15 is 0 Å². The number of nitrogens with one attached hydrogen (secondary N) is 1. The van der Waals surface area contributed by atoms with Gasteiger partial charge in [0.1, 0.15) is 12.1 Å². The number of nitrogens with zero attached hydrogens (tertiary/aromatic N) is 3. The summed E-state index contributed by atoms with van der Waals surface area (Å²) in [6.07, 6.45) is 4.27. The number of aromatic nitrogens is 2. The Morgan fingerprint density at radius 2 is 2.03 bits per heavy atom. The van der Waals surface area contributed by atoms with Gasteiger partial charge >= 0.3 is 0 Å². The van der Waals surface area contributed by atoms with Crippen molar-refractivity contribution >= 4 is 60.0 Å². The first-order chi connectivity index (χ1) is 17.1. The van der Waals surface area contributed by atoms with E-state index in [9.17, 15) is 12.8 Å². The van der Waals surface area contributed by atoms with Gasteiger partial charge in [-0.2, -0.15) is 0 Å². The number of halogens is 3. The van der Waals surface area contributed by atoms with E-state index < -0.39 is 15.8 Å². The third kappa shape index (κ3) is 5.85. The minimum atomic E-state index is -3.16. The van der Waals surface area contributed by atoms with E-state index in [4.69, 9.17) is 21.1 Å². The molecule has 1 saturated heterocycles. The highest BCUT2D eigenvalue weighted by atomic mass is 79.9. The molecule has 0 saturated carbocycles. The summed E-state index contributed by atoms with van der Waals surface area (Å²) in [6, 6.07) is 6.72. The highest BCUT2D eigenvalue weighted by molar-refractivity contribution is 9.10. The van der Waals surface area contributed by atoms with Crippen LogP contribution < -0.4 is 14.8 Å². The van der Waals surface area contributed by atoms with Gasteiger partial charge in [0.15, 0.2) is 17.3 Å². The Balaban J connectivity index is 1.46. The molecule has 0 bridgehead atoms. The molecule has 194 valence electrons. The molecular weight excluding hydrogens is 575 g/mol. The number of benzene rings is 2. The lowest BCUT2D eigenvalue weighted by Gasteiger charge is -2.16. The first-order valence-electron chi connectivity index (χ1n) is 11.4. The van der Waals surface area contributed by atoms with Crippen LogP contribution in [0.4, 0.5) is 15.9 Å². The molecular formula is C24H27BrClFN4O4S. The molecule has 12 heteroatoms. The quantitative estimate of drug-likeness (QED) is 0.251. The summed E-state index contributed by atoms with van der Waals surface area (Å²) < 4.78 is 51.8. The van der Waals surface area contributed by atoms with Gasteiger partial charge < -0.3 is 14.8 Å². The van der Waals surface area contributed by atoms with Crippen molar-refractivity contribution in [2.24, 2.45) is 11.8 Å². The molecule has 2 atom stereocenters. The zero-order valence-corrected chi connectivity index (χ0v) is 23.3. The Hall–Kier alpha value is -2.21. The monoisotopic (exact) mass is 600 g/mol. The van der Waals surface area contributed by atoms with Crippen LogP contribution >= 0.6 is 27.5 Å². The van der Waals surface area contributed by atoms with Crippen LogP contribution in [0.25, 0.3) is 10.9 Å². The third-order valence-corrected chi connectivity index (χ3v) is 8.88. The molecule has 0 radical (unpaired) electrons. The van der Waals surface area contributed by atoms with E-state index in [1.54, 1.807) is 35.7 Å². The molecule has 0 aliphatic carbocycles. The Labute approximate surface area is 223 Å². The normalized spacial score (nSPS) is 18.5. The number of hydrogen-bond donors (Lipinski definition) is 1. The number of ether oxygens (including phenoxy) is 2. The minimum Gasteiger partial charge on any atom is -0.493 e. The topological polar surface area (TPSA) is 93.7 Å². The predicted molar refractivity (Wildman–Crippen MR) is 142 cm³/mol. The third-order valence-electron chi connectivity index (χ3n) is 6.39. The Morgan fingerprint density at radius 3 is 2.72 bits per heavy atom. The molecule has 1 aliphatic rings. The molecule has 2 aromatic carbocycles. The fourth-order valence-electron chi connectivity index (χ4n) is 4.35. The first kappa shape index (κ1) is 26.8. The molecule has 8 nitrogen and oxygen atoms in total. The number of anilines is 2. The second-order valence-electron chi connectivity index (χ2n) is 8.90. The van der Waals surface area contributed by atoms with E-state index in [1.807, 2.05) is 0 Å². The fraction of sp³-hybridized carbons (Fsp3) is 0.417. The SMILES string of the molecule is COc1cc2c(Nc3ccc(Br)c(Cl)c3F)ncnc2cc1OCCC[C@H]1CN(S(C)(=O)=O)C[C@H]1C. The summed E-state index contributed by atoms with van der Waals surface area (Å²) in [6.45, 7) is 3.65. The van der Waals surface area contributed by atoms with Crippen LogP contribution in [-0.2, 0) is 10.0 Å². The molecule has 3 aromatic rings. The van der Waals surface area contributed by atoms with Crippen LogP contribution in [0.15, 0.2) is 35.1 Å². The van der Waals surface area contributed by atoms with Gasteiger partial charge in [-0.1, -0.05) is 18.5 Å².